The number of hydrogen-bond donors (Lipinski definition) is 2. The average molecular weight is 308 g/mol. The number of rotatable bonds is 4. The lowest BCUT2D eigenvalue weighted by atomic mass is 10.2. The van der Waals surface area contributed by atoms with Crippen LogP contribution in [-0.2, 0) is 9.53 Å². The van der Waals surface area contributed by atoms with Gasteiger partial charge in [-0.25, -0.2) is 9.59 Å². The maximum absolute atomic E-state index is 11.8. The Morgan fingerprint density at radius 2 is 1.68 bits per heavy atom. The van der Waals surface area contributed by atoms with Crippen molar-refractivity contribution < 1.29 is 23.9 Å². The number of carbonyl (C=O) groups excluding carboxylic acids is 3. The molecular weight excluding hydrogens is 288 g/mol. The first-order valence-electron chi connectivity index (χ1n) is 6.69. The summed E-state index contributed by atoms with van der Waals surface area (Å²) in [5.74, 6) is -0.983. The fourth-order valence-corrected chi connectivity index (χ4v) is 1.44. The van der Waals surface area contributed by atoms with E-state index in [2.05, 4.69) is 5.32 Å². The van der Waals surface area contributed by atoms with E-state index in [4.69, 9.17) is 15.2 Å². The predicted octanol–water partition coefficient (Wildman–Crippen LogP) is 1.60. The highest BCUT2D eigenvalue weighted by Crippen LogP contribution is 2.13. The van der Waals surface area contributed by atoms with Crippen molar-refractivity contribution in [1.82, 2.24) is 5.32 Å². The van der Waals surface area contributed by atoms with Gasteiger partial charge < -0.3 is 20.5 Å². The summed E-state index contributed by atoms with van der Waals surface area (Å²) in [5, 5.41) is 2.38. The first-order chi connectivity index (χ1) is 10.1. The summed E-state index contributed by atoms with van der Waals surface area (Å²) < 4.78 is 10.1. The molecule has 0 saturated heterocycles. The second kappa shape index (κ2) is 6.93. The van der Waals surface area contributed by atoms with E-state index < -0.39 is 29.6 Å². The summed E-state index contributed by atoms with van der Waals surface area (Å²) in [7, 11) is 0. The molecule has 0 bridgehead atoms. The normalized spacial score (nSPS) is 12.2. The number of nitrogens with two attached hydrogens (primary N) is 1. The molecule has 1 atom stereocenters. The third-order valence-corrected chi connectivity index (χ3v) is 2.44. The summed E-state index contributed by atoms with van der Waals surface area (Å²) >= 11 is 0. The zero-order valence-corrected chi connectivity index (χ0v) is 13.0. The van der Waals surface area contributed by atoms with Crippen molar-refractivity contribution >= 4 is 18.0 Å². The third-order valence-electron chi connectivity index (χ3n) is 2.44. The van der Waals surface area contributed by atoms with Gasteiger partial charge in [-0.15, -0.1) is 0 Å². The highest BCUT2D eigenvalue weighted by molar-refractivity contribution is 5.93. The lowest BCUT2D eigenvalue weighted by Crippen LogP contribution is -2.43. The molecule has 0 aliphatic heterocycles. The molecular formula is C15H20N2O5. The van der Waals surface area contributed by atoms with Crippen LogP contribution in [0.5, 0.6) is 5.75 Å². The van der Waals surface area contributed by atoms with Gasteiger partial charge >= 0.3 is 12.1 Å². The number of esters is 1. The molecule has 1 aromatic carbocycles. The number of amides is 2. The van der Waals surface area contributed by atoms with Crippen LogP contribution in [-0.4, -0.2) is 29.6 Å². The van der Waals surface area contributed by atoms with Crippen molar-refractivity contribution in [2.45, 2.75) is 39.3 Å². The summed E-state index contributed by atoms with van der Waals surface area (Å²) in [4.78, 5) is 34.3. The van der Waals surface area contributed by atoms with Crippen LogP contribution < -0.4 is 15.8 Å². The lowest BCUT2D eigenvalue weighted by molar-refractivity contribution is -0.136. The second-order valence-electron chi connectivity index (χ2n) is 5.68. The van der Waals surface area contributed by atoms with E-state index in [1.165, 1.54) is 31.2 Å². The molecule has 0 fully saturated rings. The molecule has 0 aromatic heterocycles. The Labute approximate surface area is 128 Å². The zero-order valence-electron chi connectivity index (χ0n) is 13.0. The van der Waals surface area contributed by atoms with Crippen LogP contribution >= 0.6 is 0 Å². The van der Waals surface area contributed by atoms with E-state index in [0.29, 0.717) is 5.56 Å². The minimum absolute atomic E-state index is 0.243. The molecule has 1 unspecified atom stereocenters. The first kappa shape index (κ1) is 17.5. The van der Waals surface area contributed by atoms with Gasteiger partial charge in [0.15, 0.2) is 0 Å². The van der Waals surface area contributed by atoms with E-state index in [1.807, 2.05) is 0 Å². The highest BCUT2D eigenvalue weighted by atomic mass is 16.6. The maximum atomic E-state index is 11.8. The SMILES string of the molecule is CC(NC(=O)OC(C)(C)C)C(=O)Oc1ccc(C(N)=O)cc1. The van der Waals surface area contributed by atoms with Crippen LogP contribution in [0.15, 0.2) is 24.3 Å². The third kappa shape index (κ3) is 5.82. The number of carbonyl (C=O) groups is 3. The number of nitrogens with one attached hydrogen (secondary N) is 1. The lowest BCUT2D eigenvalue weighted by Gasteiger charge is -2.21. The van der Waals surface area contributed by atoms with Gasteiger partial charge in [-0.1, -0.05) is 0 Å². The zero-order chi connectivity index (χ0) is 16.9. The first-order valence-corrected chi connectivity index (χ1v) is 6.69. The fourth-order valence-electron chi connectivity index (χ4n) is 1.44. The van der Waals surface area contributed by atoms with E-state index in [-0.39, 0.29) is 5.75 Å². The van der Waals surface area contributed by atoms with Gasteiger partial charge in [-0.2, -0.15) is 0 Å². The molecule has 0 spiro atoms. The molecule has 7 heteroatoms. The van der Waals surface area contributed by atoms with E-state index in [9.17, 15) is 14.4 Å². The Morgan fingerprint density at radius 3 is 2.14 bits per heavy atom. The highest BCUT2D eigenvalue weighted by Gasteiger charge is 2.22. The Bertz CT molecular complexity index is 560. The van der Waals surface area contributed by atoms with Gasteiger partial charge in [-0.05, 0) is 52.0 Å². The van der Waals surface area contributed by atoms with Crippen molar-refractivity contribution in [1.29, 1.82) is 0 Å². The van der Waals surface area contributed by atoms with E-state index in [1.54, 1.807) is 20.8 Å². The van der Waals surface area contributed by atoms with Crippen LogP contribution in [0.2, 0.25) is 0 Å². The molecule has 7 nitrogen and oxygen atoms in total. The van der Waals surface area contributed by atoms with Gasteiger partial charge in [0.05, 0.1) is 0 Å². The molecule has 2 amide bonds. The summed E-state index contributed by atoms with van der Waals surface area (Å²) in [6.07, 6.45) is -0.707. The maximum Gasteiger partial charge on any atom is 0.408 e. The fraction of sp³-hybridized carbons (Fsp3) is 0.400. The van der Waals surface area contributed by atoms with Crippen LogP contribution in [0.3, 0.4) is 0 Å². The monoisotopic (exact) mass is 308 g/mol. The Kier molecular flexibility index (Phi) is 5.50. The summed E-state index contributed by atoms with van der Waals surface area (Å²) in [6, 6.07) is 4.88. The van der Waals surface area contributed by atoms with E-state index in [0.717, 1.165) is 0 Å². The van der Waals surface area contributed by atoms with Gasteiger partial charge in [-0.3, -0.25) is 4.79 Å². The molecule has 0 saturated carbocycles. The Hall–Kier alpha value is -2.57. The molecule has 0 heterocycles. The molecule has 0 aliphatic rings. The largest absolute Gasteiger partial charge is 0.444 e. The van der Waals surface area contributed by atoms with Gasteiger partial charge in [0.1, 0.15) is 17.4 Å². The second-order valence-corrected chi connectivity index (χ2v) is 5.68. The van der Waals surface area contributed by atoms with E-state index >= 15 is 0 Å². The quantitative estimate of drug-likeness (QED) is 0.649. The number of alkyl carbamates (subject to hydrolysis) is 1. The van der Waals surface area contributed by atoms with Crippen molar-refractivity contribution in [3.8, 4) is 5.75 Å². The number of primary amides is 1. The van der Waals surface area contributed by atoms with Crippen LogP contribution in [0.1, 0.15) is 38.1 Å². The molecule has 3 N–H and O–H groups in total. The molecule has 0 aliphatic carbocycles. The van der Waals surface area contributed by atoms with Crippen molar-refractivity contribution in [3.63, 3.8) is 0 Å². The number of hydrogen-bond acceptors (Lipinski definition) is 5. The van der Waals surface area contributed by atoms with Gasteiger partial charge in [0.25, 0.3) is 0 Å². The minimum atomic E-state index is -0.884. The molecule has 1 aromatic rings. The smallest absolute Gasteiger partial charge is 0.408 e. The summed E-state index contributed by atoms with van der Waals surface area (Å²) in [6.45, 7) is 6.63. The van der Waals surface area contributed by atoms with Crippen molar-refractivity contribution in [2.24, 2.45) is 5.73 Å². The van der Waals surface area contributed by atoms with Crippen molar-refractivity contribution in [3.05, 3.63) is 29.8 Å². The topological polar surface area (TPSA) is 108 Å². The average Bonchev–Trinajstić information content (AvgIpc) is 2.36. The van der Waals surface area contributed by atoms with Gasteiger partial charge in [0.2, 0.25) is 5.91 Å². The minimum Gasteiger partial charge on any atom is -0.444 e. The molecule has 120 valence electrons. The van der Waals surface area contributed by atoms with Crippen LogP contribution in [0, 0.1) is 0 Å². The van der Waals surface area contributed by atoms with Crippen LogP contribution in [0.4, 0.5) is 4.79 Å². The van der Waals surface area contributed by atoms with Gasteiger partial charge in [0, 0.05) is 5.56 Å². The standard InChI is InChI=1S/C15H20N2O5/c1-9(17-14(20)22-15(2,3)4)13(19)21-11-7-5-10(6-8-11)12(16)18/h5-9H,1-4H3,(H2,16,18)(H,17,20). The molecule has 22 heavy (non-hydrogen) atoms. The number of ether oxygens (including phenoxy) is 2. The molecule has 0 radical (unpaired) electrons. The molecule has 1 rings (SSSR count). The van der Waals surface area contributed by atoms with Crippen molar-refractivity contribution in [2.75, 3.05) is 0 Å². The van der Waals surface area contributed by atoms with Crippen LogP contribution in [0.25, 0.3) is 0 Å². The predicted molar refractivity (Wildman–Crippen MR) is 79.4 cm³/mol. The Balaban J connectivity index is 2.57. The Morgan fingerprint density at radius 1 is 1.14 bits per heavy atom. The summed E-state index contributed by atoms with van der Waals surface area (Å²) in [5.41, 5.74) is 4.76. The number of benzene rings is 1.